The zero-order chi connectivity index (χ0) is 15.6. The third-order valence-corrected chi connectivity index (χ3v) is 3.98. The molecule has 0 spiro atoms. The lowest BCUT2D eigenvalue weighted by Gasteiger charge is -2.37. The standard InChI is InChI=1S/C16H32N2O2/c1-13(15(2,3)4)17-9-8-10-18(12-11-17)14(19)20-16(5,6)7/h13H,8-12H2,1-7H3. The van der Waals surface area contributed by atoms with Gasteiger partial charge in [0.15, 0.2) is 0 Å². The lowest BCUT2D eigenvalue weighted by molar-refractivity contribution is 0.0251. The van der Waals surface area contributed by atoms with Crippen LogP contribution in [0.4, 0.5) is 4.79 Å². The van der Waals surface area contributed by atoms with Crippen molar-refractivity contribution < 1.29 is 9.53 Å². The Morgan fingerprint density at radius 3 is 2.10 bits per heavy atom. The second-order valence-electron chi connectivity index (χ2n) is 7.90. The Hall–Kier alpha value is -0.770. The topological polar surface area (TPSA) is 32.8 Å². The summed E-state index contributed by atoms with van der Waals surface area (Å²) < 4.78 is 5.46. The van der Waals surface area contributed by atoms with Crippen LogP contribution < -0.4 is 0 Å². The minimum Gasteiger partial charge on any atom is -0.444 e. The summed E-state index contributed by atoms with van der Waals surface area (Å²) in [6.45, 7) is 18.4. The molecule has 1 saturated heterocycles. The number of rotatable bonds is 1. The van der Waals surface area contributed by atoms with Gasteiger partial charge in [0, 0.05) is 32.2 Å². The van der Waals surface area contributed by atoms with E-state index in [-0.39, 0.29) is 11.5 Å². The van der Waals surface area contributed by atoms with Crippen molar-refractivity contribution in [3.8, 4) is 0 Å². The normalized spacial score (nSPS) is 20.4. The first-order chi connectivity index (χ1) is 9.00. The maximum Gasteiger partial charge on any atom is 0.410 e. The Bertz CT molecular complexity index is 328. The number of ether oxygens (including phenoxy) is 1. The largest absolute Gasteiger partial charge is 0.444 e. The van der Waals surface area contributed by atoms with Crippen LogP contribution in [0.5, 0.6) is 0 Å². The first-order valence-corrected chi connectivity index (χ1v) is 7.73. The number of hydrogen-bond donors (Lipinski definition) is 0. The summed E-state index contributed by atoms with van der Waals surface area (Å²) in [5.74, 6) is 0. The predicted molar refractivity (Wildman–Crippen MR) is 82.9 cm³/mol. The molecule has 0 bridgehead atoms. The fourth-order valence-corrected chi connectivity index (χ4v) is 2.38. The van der Waals surface area contributed by atoms with Crippen LogP contribution in [0.2, 0.25) is 0 Å². The van der Waals surface area contributed by atoms with E-state index in [0.29, 0.717) is 6.04 Å². The molecule has 1 unspecified atom stereocenters. The highest BCUT2D eigenvalue weighted by Crippen LogP contribution is 2.25. The van der Waals surface area contributed by atoms with Gasteiger partial charge in [-0.25, -0.2) is 4.79 Å². The highest BCUT2D eigenvalue weighted by molar-refractivity contribution is 5.68. The number of carbonyl (C=O) groups is 1. The van der Waals surface area contributed by atoms with E-state index in [1.165, 1.54) is 0 Å². The molecule has 1 atom stereocenters. The van der Waals surface area contributed by atoms with Crippen molar-refractivity contribution >= 4 is 6.09 Å². The van der Waals surface area contributed by atoms with Crippen molar-refractivity contribution in [2.75, 3.05) is 26.2 Å². The molecule has 1 heterocycles. The Morgan fingerprint density at radius 2 is 1.60 bits per heavy atom. The summed E-state index contributed by atoms with van der Waals surface area (Å²) in [6, 6.07) is 0.515. The zero-order valence-corrected chi connectivity index (χ0v) is 14.3. The van der Waals surface area contributed by atoms with Gasteiger partial charge in [0.1, 0.15) is 5.60 Å². The van der Waals surface area contributed by atoms with Gasteiger partial charge in [-0.15, -0.1) is 0 Å². The molecule has 0 saturated carbocycles. The lowest BCUT2D eigenvalue weighted by Crippen LogP contribution is -2.44. The zero-order valence-electron chi connectivity index (χ0n) is 14.3. The molecule has 4 nitrogen and oxygen atoms in total. The highest BCUT2D eigenvalue weighted by Gasteiger charge is 2.29. The van der Waals surface area contributed by atoms with E-state index in [1.54, 1.807) is 0 Å². The number of nitrogens with zero attached hydrogens (tertiary/aromatic N) is 2. The minimum absolute atomic E-state index is 0.178. The molecule has 1 amide bonds. The van der Waals surface area contributed by atoms with Crippen molar-refractivity contribution in [3.05, 3.63) is 0 Å². The van der Waals surface area contributed by atoms with Gasteiger partial charge in [-0.3, -0.25) is 4.90 Å². The number of hydrogen-bond acceptors (Lipinski definition) is 3. The Morgan fingerprint density at radius 1 is 1.00 bits per heavy atom. The highest BCUT2D eigenvalue weighted by atomic mass is 16.6. The average molecular weight is 284 g/mol. The van der Waals surface area contributed by atoms with Crippen molar-refractivity contribution in [1.82, 2.24) is 9.80 Å². The third-order valence-electron chi connectivity index (χ3n) is 3.98. The molecule has 1 aliphatic rings. The van der Waals surface area contributed by atoms with E-state index in [4.69, 9.17) is 4.74 Å². The molecule has 1 fully saturated rings. The summed E-state index contributed by atoms with van der Waals surface area (Å²) in [4.78, 5) is 16.5. The molecule has 0 aromatic heterocycles. The number of amides is 1. The predicted octanol–water partition coefficient (Wildman–Crippen LogP) is 3.36. The monoisotopic (exact) mass is 284 g/mol. The maximum absolute atomic E-state index is 12.1. The smallest absolute Gasteiger partial charge is 0.410 e. The summed E-state index contributed by atoms with van der Waals surface area (Å²) in [7, 11) is 0. The first-order valence-electron chi connectivity index (χ1n) is 7.73. The van der Waals surface area contributed by atoms with Gasteiger partial charge in [0.2, 0.25) is 0 Å². The van der Waals surface area contributed by atoms with Crippen molar-refractivity contribution in [3.63, 3.8) is 0 Å². The average Bonchev–Trinajstić information content (AvgIpc) is 2.49. The summed E-state index contributed by atoms with van der Waals surface area (Å²) in [6.07, 6.45) is 0.836. The molecular weight excluding hydrogens is 252 g/mol. The lowest BCUT2D eigenvalue weighted by atomic mass is 9.87. The Kier molecular flexibility index (Phi) is 5.47. The fraction of sp³-hybridized carbons (Fsp3) is 0.938. The molecule has 4 heteroatoms. The van der Waals surface area contributed by atoms with Crippen LogP contribution in [0.1, 0.15) is 54.9 Å². The third kappa shape index (κ3) is 5.31. The van der Waals surface area contributed by atoms with Crippen LogP contribution in [-0.4, -0.2) is 53.7 Å². The molecule has 118 valence electrons. The van der Waals surface area contributed by atoms with E-state index >= 15 is 0 Å². The van der Waals surface area contributed by atoms with Crippen molar-refractivity contribution in [1.29, 1.82) is 0 Å². The second-order valence-corrected chi connectivity index (χ2v) is 7.90. The Balaban J connectivity index is 2.57. The van der Waals surface area contributed by atoms with Crippen LogP contribution in [0.15, 0.2) is 0 Å². The fourth-order valence-electron chi connectivity index (χ4n) is 2.38. The molecule has 20 heavy (non-hydrogen) atoms. The van der Waals surface area contributed by atoms with Gasteiger partial charge in [0.05, 0.1) is 0 Å². The number of carbonyl (C=O) groups excluding carboxylic acids is 1. The van der Waals surface area contributed by atoms with Crippen molar-refractivity contribution in [2.24, 2.45) is 5.41 Å². The summed E-state index contributed by atoms with van der Waals surface area (Å²) >= 11 is 0. The van der Waals surface area contributed by atoms with Crippen LogP contribution in [0.3, 0.4) is 0 Å². The van der Waals surface area contributed by atoms with Gasteiger partial charge >= 0.3 is 6.09 Å². The summed E-state index contributed by atoms with van der Waals surface area (Å²) in [5, 5.41) is 0. The van der Waals surface area contributed by atoms with Gasteiger partial charge in [-0.05, 0) is 39.5 Å². The van der Waals surface area contributed by atoms with Crippen molar-refractivity contribution in [2.45, 2.75) is 66.5 Å². The van der Waals surface area contributed by atoms with Crippen LogP contribution in [0.25, 0.3) is 0 Å². The SMILES string of the molecule is CC(N1CCCN(C(=O)OC(C)(C)C)CC1)C(C)(C)C. The van der Waals surface area contributed by atoms with Crippen LogP contribution in [-0.2, 0) is 4.74 Å². The molecule has 0 radical (unpaired) electrons. The summed E-state index contributed by atoms with van der Waals surface area (Å²) in [5.41, 5.74) is -0.150. The van der Waals surface area contributed by atoms with E-state index in [9.17, 15) is 4.79 Å². The van der Waals surface area contributed by atoms with E-state index < -0.39 is 5.60 Å². The maximum atomic E-state index is 12.1. The first kappa shape index (κ1) is 17.3. The van der Waals surface area contributed by atoms with Gasteiger partial charge in [-0.2, -0.15) is 0 Å². The van der Waals surface area contributed by atoms with Crippen LogP contribution >= 0.6 is 0 Å². The molecular formula is C16H32N2O2. The van der Waals surface area contributed by atoms with E-state index in [0.717, 1.165) is 32.6 Å². The van der Waals surface area contributed by atoms with Gasteiger partial charge in [-0.1, -0.05) is 20.8 Å². The molecule has 1 rings (SSSR count). The van der Waals surface area contributed by atoms with E-state index in [2.05, 4.69) is 32.6 Å². The van der Waals surface area contributed by atoms with Gasteiger partial charge < -0.3 is 9.64 Å². The molecule has 0 aromatic carbocycles. The molecule has 0 aliphatic carbocycles. The van der Waals surface area contributed by atoms with Crippen LogP contribution in [0, 0.1) is 5.41 Å². The molecule has 1 aliphatic heterocycles. The molecule has 0 aromatic rings. The van der Waals surface area contributed by atoms with Gasteiger partial charge in [0.25, 0.3) is 0 Å². The quantitative estimate of drug-likeness (QED) is 0.740. The minimum atomic E-state index is -0.415. The molecule has 0 N–H and O–H groups in total. The second kappa shape index (κ2) is 6.33. The Labute approximate surface area is 124 Å². The van der Waals surface area contributed by atoms with E-state index in [1.807, 2.05) is 25.7 Å².